The molecule has 5 nitrogen and oxygen atoms in total. The molecule has 1 aliphatic rings. The molecule has 3 rings (SSSR count). The van der Waals surface area contributed by atoms with Gasteiger partial charge in [-0.15, -0.1) is 0 Å². The molecule has 2 aromatic rings. The maximum atomic E-state index is 12.6. The van der Waals surface area contributed by atoms with E-state index in [1.807, 2.05) is 65.3 Å². The van der Waals surface area contributed by atoms with Crippen LogP contribution in [-0.4, -0.2) is 31.4 Å². The van der Waals surface area contributed by atoms with Crippen LogP contribution in [0.3, 0.4) is 0 Å². The lowest BCUT2D eigenvalue weighted by Gasteiger charge is -2.37. The summed E-state index contributed by atoms with van der Waals surface area (Å²) in [6, 6.07) is 15.3. The second-order valence-electron chi connectivity index (χ2n) is 6.60. The van der Waals surface area contributed by atoms with Gasteiger partial charge in [-0.05, 0) is 37.1 Å². The van der Waals surface area contributed by atoms with E-state index in [0.717, 1.165) is 29.9 Å². The summed E-state index contributed by atoms with van der Waals surface area (Å²) in [7, 11) is 0. The minimum atomic E-state index is -0.0927. The first-order valence-corrected chi connectivity index (χ1v) is 9.70. The van der Waals surface area contributed by atoms with Crippen molar-refractivity contribution in [1.82, 2.24) is 0 Å². The van der Waals surface area contributed by atoms with E-state index in [1.165, 1.54) is 4.31 Å². The first kappa shape index (κ1) is 19.3. The monoisotopic (exact) mass is 383 g/mol. The van der Waals surface area contributed by atoms with Crippen LogP contribution in [0.2, 0.25) is 0 Å². The van der Waals surface area contributed by atoms with Gasteiger partial charge < -0.3 is 9.80 Å². The van der Waals surface area contributed by atoms with E-state index in [-0.39, 0.29) is 11.8 Å². The fourth-order valence-corrected chi connectivity index (χ4v) is 3.53. The number of hydrogen-bond donors (Lipinski definition) is 1. The van der Waals surface area contributed by atoms with Crippen molar-refractivity contribution in [3.8, 4) is 0 Å². The lowest BCUT2D eigenvalue weighted by atomic mass is 10.1. The lowest BCUT2D eigenvalue weighted by Crippen LogP contribution is -2.46. The van der Waals surface area contributed by atoms with Crippen molar-refractivity contribution < 1.29 is 9.59 Å². The maximum Gasteiger partial charge on any atom is 0.246 e. The van der Waals surface area contributed by atoms with Gasteiger partial charge in [0.15, 0.2) is 0 Å². The van der Waals surface area contributed by atoms with Crippen molar-refractivity contribution >= 4 is 41.7 Å². The Hall–Kier alpha value is -2.47. The van der Waals surface area contributed by atoms with Gasteiger partial charge in [0.2, 0.25) is 11.8 Å². The number of nitrogens with zero attached hydrogens (tertiary/aromatic N) is 3. The van der Waals surface area contributed by atoms with Gasteiger partial charge in [0.1, 0.15) is 0 Å². The Morgan fingerprint density at radius 3 is 2.52 bits per heavy atom. The Morgan fingerprint density at radius 2 is 1.85 bits per heavy atom. The molecule has 0 unspecified atom stereocenters. The van der Waals surface area contributed by atoms with Gasteiger partial charge in [0.25, 0.3) is 0 Å². The molecule has 0 radical (unpaired) electrons. The van der Waals surface area contributed by atoms with E-state index in [1.54, 1.807) is 0 Å². The predicted octanol–water partition coefficient (Wildman–Crippen LogP) is 3.69. The molecule has 0 fully saturated rings. The summed E-state index contributed by atoms with van der Waals surface area (Å²) in [4.78, 5) is 28.9. The molecule has 1 aliphatic heterocycles. The Morgan fingerprint density at radius 1 is 1.11 bits per heavy atom. The zero-order valence-electron chi connectivity index (χ0n) is 15.8. The van der Waals surface area contributed by atoms with E-state index in [2.05, 4.69) is 19.7 Å². The smallest absolute Gasteiger partial charge is 0.246 e. The quantitative estimate of drug-likeness (QED) is 0.774. The minimum Gasteiger partial charge on any atom is -0.361 e. The maximum absolute atomic E-state index is 12.6. The van der Waals surface area contributed by atoms with Crippen LogP contribution in [0.15, 0.2) is 48.5 Å². The Kier molecular flexibility index (Phi) is 6.06. The minimum absolute atomic E-state index is 0.0927. The topological polar surface area (TPSA) is 43.9 Å². The standard InChI is InChI=1S/C21H25N3O2S/c1-3-12-23-18-11-10-17(14-19(18)22(4-2)15-21(23)26)24(27)20(25)13-16-8-6-5-7-9-16/h5-11,14,27H,3-4,12-13,15H2,1-2H3. The van der Waals surface area contributed by atoms with E-state index in [0.29, 0.717) is 25.2 Å². The number of thiol groups is 1. The highest BCUT2D eigenvalue weighted by Gasteiger charge is 2.28. The molecule has 0 aliphatic carbocycles. The van der Waals surface area contributed by atoms with E-state index >= 15 is 0 Å². The number of benzene rings is 2. The molecule has 2 aromatic carbocycles. The van der Waals surface area contributed by atoms with Crippen LogP contribution in [0.1, 0.15) is 25.8 Å². The normalized spacial score (nSPS) is 13.5. The Labute approximate surface area is 166 Å². The summed E-state index contributed by atoms with van der Waals surface area (Å²) < 4.78 is 1.39. The third-order valence-electron chi connectivity index (χ3n) is 4.73. The molecule has 0 aromatic heterocycles. The summed E-state index contributed by atoms with van der Waals surface area (Å²) in [5, 5.41) is 0. The van der Waals surface area contributed by atoms with Gasteiger partial charge >= 0.3 is 0 Å². The van der Waals surface area contributed by atoms with Gasteiger partial charge in [-0.25, -0.2) is 0 Å². The van der Waals surface area contributed by atoms with Gasteiger partial charge in [-0.3, -0.25) is 13.9 Å². The molecular formula is C21H25N3O2S. The SMILES string of the molecule is CCCN1C(=O)CN(CC)c2cc(N(S)C(=O)Cc3ccccc3)ccc21. The first-order chi connectivity index (χ1) is 13.0. The van der Waals surface area contributed by atoms with Gasteiger partial charge in [0, 0.05) is 13.1 Å². The molecular weight excluding hydrogens is 358 g/mol. The predicted molar refractivity (Wildman–Crippen MR) is 114 cm³/mol. The molecule has 0 spiro atoms. The fourth-order valence-electron chi connectivity index (χ4n) is 3.33. The number of amides is 2. The average molecular weight is 384 g/mol. The molecule has 0 N–H and O–H groups in total. The van der Waals surface area contributed by atoms with Crippen LogP contribution in [0, 0.1) is 0 Å². The molecule has 0 saturated carbocycles. The van der Waals surface area contributed by atoms with Crippen LogP contribution < -0.4 is 14.1 Å². The second kappa shape index (κ2) is 8.48. The third kappa shape index (κ3) is 4.11. The first-order valence-electron chi connectivity index (χ1n) is 9.30. The fraction of sp³-hybridized carbons (Fsp3) is 0.333. The van der Waals surface area contributed by atoms with Crippen LogP contribution in [0.4, 0.5) is 17.1 Å². The number of carbonyl (C=O) groups is 2. The van der Waals surface area contributed by atoms with Crippen LogP contribution in [-0.2, 0) is 16.0 Å². The molecule has 0 bridgehead atoms. The molecule has 6 heteroatoms. The molecule has 0 saturated heterocycles. The van der Waals surface area contributed by atoms with Gasteiger partial charge in [-0.2, -0.15) is 0 Å². The van der Waals surface area contributed by atoms with E-state index in [4.69, 9.17) is 0 Å². The van der Waals surface area contributed by atoms with Gasteiger partial charge in [-0.1, -0.05) is 50.1 Å². The summed E-state index contributed by atoms with van der Waals surface area (Å²) >= 11 is 4.44. The number of likely N-dealkylation sites (N-methyl/N-ethyl adjacent to an activating group) is 1. The van der Waals surface area contributed by atoms with Crippen LogP contribution in [0.25, 0.3) is 0 Å². The van der Waals surface area contributed by atoms with E-state index < -0.39 is 0 Å². The summed E-state index contributed by atoms with van der Waals surface area (Å²) in [5.41, 5.74) is 3.53. The van der Waals surface area contributed by atoms with Crippen molar-refractivity contribution in [1.29, 1.82) is 0 Å². The zero-order valence-corrected chi connectivity index (χ0v) is 16.7. The highest BCUT2D eigenvalue weighted by Crippen LogP contribution is 2.37. The van der Waals surface area contributed by atoms with Crippen LogP contribution in [0.5, 0.6) is 0 Å². The van der Waals surface area contributed by atoms with Crippen molar-refractivity contribution in [3.05, 3.63) is 54.1 Å². The molecule has 2 amide bonds. The molecule has 27 heavy (non-hydrogen) atoms. The summed E-state index contributed by atoms with van der Waals surface area (Å²) in [5.74, 6) is 0.0201. The number of anilines is 3. The summed E-state index contributed by atoms with van der Waals surface area (Å²) in [6.07, 6.45) is 1.19. The average Bonchev–Trinajstić information content (AvgIpc) is 2.69. The Balaban J connectivity index is 1.87. The van der Waals surface area contributed by atoms with E-state index in [9.17, 15) is 9.59 Å². The van der Waals surface area contributed by atoms with Crippen molar-refractivity contribution in [2.45, 2.75) is 26.7 Å². The molecule has 0 atom stereocenters. The highest BCUT2D eigenvalue weighted by atomic mass is 32.1. The zero-order chi connectivity index (χ0) is 19.4. The number of rotatable bonds is 6. The summed E-state index contributed by atoms with van der Waals surface area (Å²) in [6.45, 7) is 5.87. The number of fused-ring (bicyclic) bond motifs is 1. The lowest BCUT2D eigenvalue weighted by molar-refractivity contribution is -0.118. The number of carbonyl (C=O) groups excluding carboxylic acids is 2. The van der Waals surface area contributed by atoms with Crippen molar-refractivity contribution in [3.63, 3.8) is 0 Å². The third-order valence-corrected chi connectivity index (χ3v) is 5.18. The second-order valence-corrected chi connectivity index (χ2v) is 7.00. The molecule has 142 valence electrons. The van der Waals surface area contributed by atoms with Crippen LogP contribution >= 0.6 is 12.8 Å². The molecule has 1 heterocycles. The van der Waals surface area contributed by atoms with Crippen molar-refractivity contribution in [2.24, 2.45) is 0 Å². The Bertz CT molecular complexity index is 825. The van der Waals surface area contributed by atoms with Gasteiger partial charge in [0.05, 0.1) is 30.0 Å². The largest absolute Gasteiger partial charge is 0.361 e. The van der Waals surface area contributed by atoms with Crippen molar-refractivity contribution in [2.75, 3.05) is 33.7 Å². The number of hydrogen-bond acceptors (Lipinski definition) is 4. The highest BCUT2D eigenvalue weighted by molar-refractivity contribution is 7.82.